The highest BCUT2D eigenvalue weighted by Crippen LogP contribution is 2.17. The molecule has 2 saturated heterocycles. The molecule has 0 aromatic carbocycles. The third-order valence-corrected chi connectivity index (χ3v) is 8.98. The first-order valence-electron chi connectivity index (χ1n) is 20.3. The fourth-order valence-corrected chi connectivity index (χ4v) is 5.78. The fraction of sp³-hybridized carbons (Fsp3) is 0.700. The van der Waals surface area contributed by atoms with Crippen LogP contribution in [0.15, 0.2) is 36.9 Å². The summed E-state index contributed by atoms with van der Waals surface area (Å²) in [6.45, 7) is 19.3. The maximum Gasteiger partial charge on any atom is 0.330 e. The molecule has 2 aromatic rings. The molecule has 2 aliphatic heterocycles. The molecule has 2 aromatic heterocycles. The van der Waals surface area contributed by atoms with Crippen LogP contribution in [0.2, 0.25) is 0 Å². The number of aliphatic carboxylic acids is 1. The van der Waals surface area contributed by atoms with Crippen molar-refractivity contribution in [3.05, 3.63) is 36.9 Å². The molecular formula is C40H68N8O6. The van der Waals surface area contributed by atoms with E-state index in [9.17, 15) is 9.59 Å². The summed E-state index contributed by atoms with van der Waals surface area (Å²) in [5.41, 5.74) is 0. The highest BCUT2D eigenvalue weighted by molar-refractivity contribution is 5.81. The van der Waals surface area contributed by atoms with E-state index >= 15 is 0 Å². The molecule has 0 saturated carbocycles. The van der Waals surface area contributed by atoms with Crippen LogP contribution >= 0.6 is 0 Å². The number of carbonyl (C=O) groups excluding carboxylic acids is 1. The van der Waals surface area contributed by atoms with Crippen LogP contribution < -0.4 is 24.6 Å². The van der Waals surface area contributed by atoms with Crippen LogP contribution in [0.1, 0.15) is 104 Å². The van der Waals surface area contributed by atoms with Gasteiger partial charge < -0.3 is 34.4 Å². The molecule has 0 unspecified atom stereocenters. The molecule has 4 heterocycles. The summed E-state index contributed by atoms with van der Waals surface area (Å²) in [5, 5.41) is 29.0. The van der Waals surface area contributed by atoms with Crippen LogP contribution in [-0.4, -0.2) is 121 Å². The van der Waals surface area contributed by atoms with Gasteiger partial charge in [0, 0.05) is 77.1 Å². The van der Waals surface area contributed by atoms with Gasteiger partial charge in [-0.1, -0.05) is 84.6 Å². The lowest BCUT2D eigenvalue weighted by atomic mass is 10.1. The number of esters is 1. The fourth-order valence-electron chi connectivity index (χ4n) is 5.78. The number of nitrogens with one attached hydrogen (secondary N) is 1. The molecule has 0 amide bonds. The molecule has 14 nitrogen and oxygen atoms in total. The average molecular weight is 757 g/mol. The summed E-state index contributed by atoms with van der Waals surface area (Å²) in [7, 11) is 0. The number of piperazine rings is 2. The van der Waals surface area contributed by atoms with Crippen LogP contribution in [0.4, 0.5) is 11.6 Å². The smallest absolute Gasteiger partial charge is 0.330 e. The largest absolute Gasteiger partial charge is 0.481 e. The minimum absolute atomic E-state index is 0.199. The minimum atomic E-state index is -0.741. The van der Waals surface area contributed by atoms with Crippen molar-refractivity contribution in [2.75, 3.05) is 88.5 Å². The molecule has 2 N–H and O–H groups in total. The molecule has 0 atom stereocenters. The van der Waals surface area contributed by atoms with Gasteiger partial charge in [-0.25, -0.2) is 4.79 Å². The Hall–Kier alpha value is -4.04. The molecule has 2 fully saturated rings. The van der Waals surface area contributed by atoms with Crippen LogP contribution in [0, 0.1) is 0 Å². The lowest BCUT2D eigenvalue weighted by molar-refractivity contribution is -0.138. The number of carboxylic acids is 1. The summed E-state index contributed by atoms with van der Waals surface area (Å²) in [6, 6.07) is 7.78. The first-order chi connectivity index (χ1) is 26.4. The predicted molar refractivity (Wildman–Crippen MR) is 215 cm³/mol. The molecule has 4 rings (SSSR count). The number of unbranched alkanes of at least 4 members (excludes halogenated alkanes) is 10. The van der Waals surface area contributed by atoms with Crippen molar-refractivity contribution in [1.29, 1.82) is 0 Å². The molecule has 0 spiro atoms. The van der Waals surface area contributed by atoms with Gasteiger partial charge in [0.1, 0.15) is 0 Å². The molecular weight excluding hydrogens is 688 g/mol. The molecule has 2 aliphatic rings. The number of aromatic nitrogens is 4. The molecule has 304 valence electrons. The third-order valence-electron chi connectivity index (χ3n) is 8.98. The summed E-state index contributed by atoms with van der Waals surface area (Å²) < 4.78 is 15.8. The average Bonchev–Trinajstić information content (AvgIpc) is 3.21. The van der Waals surface area contributed by atoms with Crippen molar-refractivity contribution in [2.24, 2.45) is 0 Å². The molecule has 54 heavy (non-hydrogen) atoms. The van der Waals surface area contributed by atoms with E-state index < -0.39 is 5.97 Å². The van der Waals surface area contributed by atoms with E-state index in [1.54, 1.807) is 6.92 Å². The highest BCUT2D eigenvalue weighted by atomic mass is 16.5. The predicted octanol–water partition coefficient (Wildman–Crippen LogP) is 6.17. The van der Waals surface area contributed by atoms with Gasteiger partial charge in [-0.3, -0.25) is 9.69 Å². The molecule has 14 heteroatoms. The van der Waals surface area contributed by atoms with Gasteiger partial charge in [-0.05, 0) is 31.9 Å². The Morgan fingerprint density at radius 3 is 1.59 bits per heavy atom. The van der Waals surface area contributed by atoms with E-state index in [2.05, 4.69) is 65.6 Å². The summed E-state index contributed by atoms with van der Waals surface area (Å²) >= 11 is 0. The molecule has 0 aliphatic carbocycles. The zero-order chi connectivity index (χ0) is 39.1. The zero-order valence-electron chi connectivity index (χ0n) is 33.4. The maximum absolute atomic E-state index is 10.6. The summed E-state index contributed by atoms with van der Waals surface area (Å²) in [6.07, 6.45) is 16.4. The van der Waals surface area contributed by atoms with Gasteiger partial charge in [-0.15, -0.1) is 20.4 Å². The number of carbonyl (C=O) groups is 2. The Morgan fingerprint density at radius 2 is 1.19 bits per heavy atom. The second-order valence-electron chi connectivity index (χ2n) is 13.4. The second-order valence-corrected chi connectivity index (χ2v) is 13.4. The highest BCUT2D eigenvalue weighted by Gasteiger charge is 2.19. The van der Waals surface area contributed by atoms with E-state index in [1.807, 2.05) is 24.3 Å². The molecule has 0 radical (unpaired) electrons. The minimum Gasteiger partial charge on any atom is -0.481 e. The van der Waals surface area contributed by atoms with E-state index in [4.69, 9.17) is 14.6 Å². The standard InChI is InChI=1S/C19H32N4O3.C16H28N4O.C5H8O2/c1-2-3-4-5-6-7-16-26-18-9-8-17(20-21-18)23-14-12-22(13-15-23)11-10-19(24)25;1-2-3-4-5-6-7-14-21-16-9-8-15(18-19-16)20-12-10-17-11-13-20;1-3-5(6)7-4-2/h8-9H,2-7,10-16H2,1H3,(H,24,25);8-9,17H,2-7,10-14H2,1H3;3H,1,4H2,2H3. The van der Waals surface area contributed by atoms with Crippen molar-refractivity contribution in [3.8, 4) is 11.8 Å². The number of hydrogen-bond acceptors (Lipinski definition) is 13. The van der Waals surface area contributed by atoms with Gasteiger partial charge >= 0.3 is 11.9 Å². The van der Waals surface area contributed by atoms with Crippen LogP contribution in [0.25, 0.3) is 0 Å². The number of hydrogen-bond donors (Lipinski definition) is 2. The van der Waals surface area contributed by atoms with Crippen molar-refractivity contribution < 1.29 is 28.9 Å². The van der Waals surface area contributed by atoms with Crippen LogP contribution in [-0.2, 0) is 14.3 Å². The first-order valence-corrected chi connectivity index (χ1v) is 20.3. The van der Waals surface area contributed by atoms with Gasteiger partial charge in [-0.2, -0.15) is 0 Å². The van der Waals surface area contributed by atoms with Crippen LogP contribution in [0.3, 0.4) is 0 Å². The normalized spacial score (nSPS) is 14.2. The van der Waals surface area contributed by atoms with Crippen molar-refractivity contribution in [3.63, 3.8) is 0 Å². The number of nitrogens with zero attached hydrogens (tertiary/aromatic N) is 7. The van der Waals surface area contributed by atoms with E-state index in [1.165, 1.54) is 64.2 Å². The van der Waals surface area contributed by atoms with Crippen molar-refractivity contribution in [2.45, 2.75) is 104 Å². The van der Waals surface area contributed by atoms with Gasteiger partial charge in [0.05, 0.1) is 26.2 Å². The van der Waals surface area contributed by atoms with E-state index in [-0.39, 0.29) is 12.4 Å². The second kappa shape index (κ2) is 30.3. The Kier molecular flexibility index (Phi) is 25.9. The third kappa shape index (κ3) is 21.6. The number of rotatable bonds is 23. The lowest BCUT2D eigenvalue weighted by Crippen LogP contribution is -2.47. The number of ether oxygens (including phenoxy) is 3. The Labute approximate surface area is 324 Å². The number of anilines is 2. The number of carboxylic acid groups (broad SMARTS) is 1. The SMILES string of the molecule is C=CC(=O)OCC.CCCCCCCCOc1ccc(N2CCN(CCC(=O)O)CC2)nn1.CCCCCCCCOc1ccc(N2CCNCC2)nn1. The van der Waals surface area contributed by atoms with E-state index in [0.717, 1.165) is 89.5 Å². The van der Waals surface area contributed by atoms with Crippen LogP contribution in [0.5, 0.6) is 11.8 Å². The van der Waals surface area contributed by atoms with Crippen molar-refractivity contribution >= 4 is 23.6 Å². The summed E-state index contributed by atoms with van der Waals surface area (Å²) in [5.74, 6) is 1.93. The van der Waals surface area contributed by atoms with Gasteiger partial charge in [0.2, 0.25) is 11.8 Å². The quantitative estimate of drug-likeness (QED) is 0.0754. The summed E-state index contributed by atoms with van der Waals surface area (Å²) in [4.78, 5) is 27.3. The topological polar surface area (TPSA) is 155 Å². The zero-order valence-corrected chi connectivity index (χ0v) is 33.4. The Bertz CT molecular complexity index is 1240. The first kappa shape index (κ1) is 46.1. The van der Waals surface area contributed by atoms with Gasteiger partial charge in [0.25, 0.3) is 0 Å². The monoisotopic (exact) mass is 757 g/mol. The maximum atomic E-state index is 10.6. The van der Waals surface area contributed by atoms with Crippen molar-refractivity contribution in [1.82, 2.24) is 30.6 Å². The van der Waals surface area contributed by atoms with E-state index in [0.29, 0.717) is 31.5 Å². The Balaban J connectivity index is 0.000000322. The Morgan fingerprint density at radius 1 is 0.704 bits per heavy atom. The van der Waals surface area contributed by atoms with Gasteiger partial charge in [0.15, 0.2) is 11.6 Å². The molecule has 0 bridgehead atoms. The lowest BCUT2D eigenvalue weighted by Gasteiger charge is -2.34.